The van der Waals surface area contributed by atoms with E-state index in [4.69, 9.17) is 0 Å². The van der Waals surface area contributed by atoms with Crippen LogP contribution >= 0.6 is 0 Å². The summed E-state index contributed by atoms with van der Waals surface area (Å²) in [7, 11) is 0. The first kappa shape index (κ1) is 19.9. The van der Waals surface area contributed by atoms with Crippen molar-refractivity contribution in [1.29, 1.82) is 0 Å². The van der Waals surface area contributed by atoms with Crippen LogP contribution < -0.4 is 10.6 Å². The number of carbonyl (C=O) groups excluding carboxylic acids is 2. The highest BCUT2D eigenvalue weighted by molar-refractivity contribution is 5.95. The summed E-state index contributed by atoms with van der Waals surface area (Å²) in [5.74, 6) is -0.162. The average molecular weight is 406 g/mol. The number of nitrogens with one attached hydrogen (secondary N) is 2. The maximum Gasteiger partial charge on any atom is 0.255 e. The average Bonchev–Trinajstić information content (AvgIpc) is 3.39. The number of nitrogens with zero attached hydrogens (tertiary/aromatic N) is 4. The van der Waals surface area contributed by atoms with Gasteiger partial charge < -0.3 is 10.6 Å². The number of hydrogen-bond donors (Lipinski definition) is 2. The minimum Gasteiger partial charge on any atom is -0.351 e. The Morgan fingerprint density at radius 1 is 1.20 bits per heavy atom. The molecule has 0 saturated carbocycles. The number of hydrogen-bond acceptors (Lipinski definition) is 4. The quantitative estimate of drug-likeness (QED) is 0.625. The Morgan fingerprint density at radius 2 is 2.00 bits per heavy atom. The molecular formula is C22H26N6O2. The Labute approximate surface area is 175 Å². The molecule has 8 heteroatoms. The van der Waals surface area contributed by atoms with Crippen LogP contribution in [0.3, 0.4) is 0 Å². The van der Waals surface area contributed by atoms with E-state index in [0.29, 0.717) is 38.0 Å². The lowest BCUT2D eigenvalue weighted by Gasteiger charge is -2.12. The van der Waals surface area contributed by atoms with Gasteiger partial charge in [-0.3, -0.25) is 19.0 Å². The monoisotopic (exact) mass is 406 g/mol. The summed E-state index contributed by atoms with van der Waals surface area (Å²) in [6, 6.07) is 11.7. The van der Waals surface area contributed by atoms with Gasteiger partial charge in [0.1, 0.15) is 0 Å². The fourth-order valence-corrected chi connectivity index (χ4v) is 3.86. The van der Waals surface area contributed by atoms with Gasteiger partial charge in [-0.2, -0.15) is 10.2 Å². The molecule has 1 unspecified atom stereocenters. The van der Waals surface area contributed by atoms with Gasteiger partial charge in [0.15, 0.2) is 0 Å². The van der Waals surface area contributed by atoms with Crippen LogP contribution in [-0.2, 0) is 30.8 Å². The van der Waals surface area contributed by atoms with Crippen LogP contribution in [0.5, 0.6) is 0 Å². The Bertz CT molecular complexity index is 1050. The molecule has 1 aromatic carbocycles. The van der Waals surface area contributed by atoms with Gasteiger partial charge in [0, 0.05) is 31.6 Å². The Morgan fingerprint density at radius 3 is 2.73 bits per heavy atom. The molecule has 0 bridgehead atoms. The number of fused-ring (bicyclic) bond motifs is 1. The second-order valence-corrected chi connectivity index (χ2v) is 7.72. The van der Waals surface area contributed by atoms with Crippen molar-refractivity contribution in [3.8, 4) is 0 Å². The van der Waals surface area contributed by atoms with Crippen molar-refractivity contribution in [3.63, 3.8) is 0 Å². The normalized spacial score (nSPS) is 15.1. The molecule has 0 fully saturated rings. The first-order valence-corrected chi connectivity index (χ1v) is 10.2. The second-order valence-electron chi connectivity index (χ2n) is 7.72. The predicted molar refractivity (Wildman–Crippen MR) is 112 cm³/mol. The van der Waals surface area contributed by atoms with Crippen LogP contribution in [0.1, 0.15) is 39.4 Å². The zero-order valence-corrected chi connectivity index (χ0v) is 17.3. The van der Waals surface area contributed by atoms with Crippen molar-refractivity contribution in [2.24, 2.45) is 0 Å². The summed E-state index contributed by atoms with van der Waals surface area (Å²) in [4.78, 5) is 25.0. The minimum absolute atomic E-state index is 0.0200. The minimum atomic E-state index is -0.142. The van der Waals surface area contributed by atoms with E-state index < -0.39 is 0 Å². The van der Waals surface area contributed by atoms with Crippen LogP contribution in [-0.4, -0.2) is 37.4 Å². The van der Waals surface area contributed by atoms with E-state index in [9.17, 15) is 9.59 Å². The topological polar surface area (TPSA) is 93.8 Å². The molecule has 8 nitrogen and oxygen atoms in total. The molecule has 0 aliphatic carbocycles. The summed E-state index contributed by atoms with van der Waals surface area (Å²) in [6.07, 6.45) is 2.57. The Kier molecular flexibility index (Phi) is 5.65. The predicted octanol–water partition coefficient (Wildman–Crippen LogP) is 1.76. The van der Waals surface area contributed by atoms with Crippen molar-refractivity contribution in [2.75, 3.05) is 0 Å². The molecule has 4 rings (SSSR count). The molecule has 1 aliphatic rings. The van der Waals surface area contributed by atoms with Crippen molar-refractivity contribution >= 4 is 11.8 Å². The summed E-state index contributed by atoms with van der Waals surface area (Å²) in [6.45, 7) is 5.52. The molecule has 0 saturated heterocycles. The summed E-state index contributed by atoms with van der Waals surface area (Å²) >= 11 is 0. The first-order chi connectivity index (χ1) is 14.5. The van der Waals surface area contributed by atoms with Gasteiger partial charge in [0.05, 0.1) is 35.7 Å². The summed E-state index contributed by atoms with van der Waals surface area (Å²) in [5.41, 5.74) is 4.48. The van der Waals surface area contributed by atoms with Crippen molar-refractivity contribution in [1.82, 2.24) is 30.2 Å². The maximum absolute atomic E-state index is 12.6. The van der Waals surface area contributed by atoms with Gasteiger partial charge >= 0.3 is 0 Å². The molecule has 2 aromatic heterocycles. The highest BCUT2D eigenvalue weighted by Gasteiger charge is 2.28. The third-order valence-electron chi connectivity index (χ3n) is 5.34. The van der Waals surface area contributed by atoms with Crippen molar-refractivity contribution in [3.05, 3.63) is 70.8 Å². The first-order valence-electron chi connectivity index (χ1n) is 10.2. The van der Waals surface area contributed by atoms with Crippen molar-refractivity contribution < 1.29 is 9.59 Å². The number of amides is 2. The fourth-order valence-electron chi connectivity index (χ4n) is 3.86. The molecule has 3 aromatic rings. The largest absolute Gasteiger partial charge is 0.351 e. The fraction of sp³-hybridized carbons (Fsp3) is 0.364. The summed E-state index contributed by atoms with van der Waals surface area (Å²) in [5, 5.41) is 14.7. The molecular weight excluding hydrogens is 380 g/mol. The van der Waals surface area contributed by atoms with Crippen LogP contribution in [0.15, 0.2) is 42.6 Å². The van der Waals surface area contributed by atoms with Crippen LogP contribution in [0.2, 0.25) is 0 Å². The lowest BCUT2D eigenvalue weighted by atomic mass is 10.1. The number of carbonyl (C=O) groups is 2. The van der Waals surface area contributed by atoms with Gasteiger partial charge in [-0.25, -0.2) is 0 Å². The van der Waals surface area contributed by atoms with E-state index in [1.807, 2.05) is 59.6 Å². The number of aryl methyl sites for hydroxylation is 3. The molecule has 156 valence electrons. The van der Waals surface area contributed by atoms with Crippen LogP contribution in [0.25, 0.3) is 0 Å². The molecule has 0 spiro atoms. The molecule has 2 amide bonds. The molecule has 30 heavy (non-hydrogen) atoms. The molecule has 0 radical (unpaired) electrons. The maximum atomic E-state index is 12.6. The van der Waals surface area contributed by atoms with Gasteiger partial charge in [-0.15, -0.1) is 0 Å². The van der Waals surface area contributed by atoms with Crippen LogP contribution in [0.4, 0.5) is 0 Å². The van der Waals surface area contributed by atoms with Crippen LogP contribution in [0, 0.1) is 13.8 Å². The lowest BCUT2D eigenvalue weighted by Crippen LogP contribution is -2.36. The number of benzene rings is 1. The highest BCUT2D eigenvalue weighted by atomic mass is 16.2. The number of aromatic nitrogens is 4. The molecule has 1 aliphatic heterocycles. The Hall–Kier alpha value is -3.42. The highest BCUT2D eigenvalue weighted by Crippen LogP contribution is 2.19. The van der Waals surface area contributed by atoms with E-state index in [1.165, 1.54) is 0 Å². The van der Waals surface area contributed by atoms with E-state index >= 15 is 0 Å². The summed E-state index contributed by atoms with van der Waals surface area (Å²) < 4.78 is 3.66. The van der Waals surface area contributed by atoms with E-state index in [0.717, 1.165) is 22.6 Å². The zero-order chi connectivity index (χ0) is 21.1. The van der Waals surface area contributed by atoms with E-state index in [1.54, 1.807) is 6.20 Å². The SMILES string of the molecule is Cc1cc(C)n(CCC(=O)NC2Cc3c(C(=O)NCc4ccccc4)cnn3C2)n1. The second kappa shape index (κ2) is 8.52. The molecule has 1 atom stereocenters. The smallest absolute Gasteiger partial charge is 0.255 e. The standard InChI is InChI=1S/C22H26N6O2/c1-15-10-16(2)27(26-15)9-8-21(29)25-18-11-20-19(13-24-28(20)14-18)22(30)23-12-17-6-4-3-5-7-17/h3-7,10,13,18H,8-9,11-12,14H2,1-2H3,(H,23,30)(H,25,29). The van der Waals surface area contributed by atoms with Gasteiger partial charge in [-0.1, -0.05) is 30.3 Å². The van der Waals surface area contributed by atoms with Crippen molar-refractivity contribution in [2.45, 2.75) is 52.4 Å². The Balaban J connectivity index is 1.29. The van der Waals surface area contributed by atoms with E-state index in [-0.39, 0.29) is 17.9 Å². The third-order valence-corrected chi connectivity index (χ3v) is 5.34. The van der Waals surface area contributed by atoms with Gasteiger partial charge in [0.2, 0.25) is 5.91 Å². The third kappa shape index (κ3) is 4.42. The number of rotatable bonds is 7. The zero-order valence-electron chi connectivity index (χ0n) is 17.3. The van der Waals surface area contributed by atoms with E-state index in [2.05, 4.69) is 20.8 Å². The molecule has 2 N–H and O–H groups in total. The lowest BCUT2D eigenvalue weighted by molar-refractivity contribution is -0.122. The van der Waals surface area contributed by atoms with Gasteiger partial charge in [-0.05, 0) is 25.5 Å². The molecule has 3 heterocycles. The van der Waals surface area contributed by atoms with Gasteiger partial charge in [0.25, 0.3) is 5.91 Å².